The zero-order valence-electron chi connectivity index (χ0n) is 12.8. The number of ether oxygens (including phenoxy) is 2. The van der Waals surface area contributed by atoms with E-state index in [1.807, 2.05) is 25.4 Å². The van der Waals surface area contributed by atoms with Gasteiger partial charge in [-0.2, -0.15) is 0 Å². The summed E-state index contributed by atoms with van der Waals surface area (Å²) in [6.45, 7) is 2.02. The lowest BCUT2D eigenvalue weighted by Crippen LogP contribution is -2.27. The van der Waals surface area contributed by atoms with Crippen LogP contribution in [-0.2, 0) is 16.0 Å². The molecule has 0 aliphatic rings. The van der Waals surface area contributed by atoms with Gasteiger partial charge in [0.25, 0.3) is 0 Å². The highest BCUT2D eigenvalue weighted by Gasteiger charge is 2.10. The lowest BCUT2D eigenvalue weighted by atomic mass is 10.1. The molecule has 1 atom stereocenters. The third-order valence-corrected chi connectivity index (χ3v) is 3.43. The predicted molar refractivity (Wildman–Crippen MR) is 85.7 cm³/mol. The minimum absolute atomic E-state index is 0.00699. The van der Waals surface area contributed by atoms with Gasteiger partial charge in [0.05, 0.1) is 12.7 Å². The highest BCUT2D eigenvalue weighted by Crippen LogP contribution is 2.24. The van der Waals surface area contributed by atoms with Gasteiger partial charge in [-0.3, -0.25) is 0 Å². The number of hydrogen-bond donors (Lipinski definition) is 2. The molecule has 0 fully saturated rings. The summed E-state index contributed by atoms with van der Waals surface area (Å²) < 4.78 is 10.5. The molecule has 2 aromatic rings. The van der Waals surface area contributed by atoms with Crippen molar-refractivity contribution in [3.63, 3.8) is 0 Å². The third-order valence-electron chi connectivity index (χ3n) is 3.43. The van der Waals surface area contributed by atoms with E-state index in [-0.39, 0.29) is 6.10 Å². The van der Waals surface area contributed by atoms with Crippen molar-refractivity contribution in [2.75, 3.05) is 39.7 Å². The summed E-state index contributed by atoms with van der Waals surface area (Å²) in [6, 6.07) is 8.29. The second kappa shape index (κ2) is 7.93. The first-order valence-corrected chi connectivity index (χ1v) is 7.07. The fraction of sp³-hybridized carbons (Fsp3) is 0.438. The van der Waals surface area contributed by atoms with Crippen molar-refractivity contribution in [3.05, 3.63) is 36.0 Å². The highest BCUT2D eigenvalue weighted by atomic mass is 16.5. The van der Waals surface area contributed by atoms with Gasteiger partial charge in [-0.05, 0) is 18.0 Å². The van der Waals surface area contributed by atoms with Gasteiger partial charge in [-0.25, -0.2) is 4.98 Å². The van der Waals surface area contributed by atoms with Crippen molar-refractivity contribution in [2.45, 2.75) is 12.6 Å². The Kier molecular flexibility index (Phi) is 5.92. The normalized spacial score (nSPS) is 12.5. The van der Waals surface area contributed by atoms with Crippen molar-refractivity contribution in [1.29, 1.82) is 0 Å². The van der Waals surface area contributed by atoms with E-state index in [1.54, 1.807) is 14.2 Å². The smallest absolute Gasteiger partial charge is 0.133 e. The van der Waals surface area contributed by atoms with E-state index < -0.39 is 0 Å². The fourth-order valence-corrected chi connectivity index (χ4v) is 2.33. The van der Waals surface area contributed by atoms with E-state index in [9.17, 15) is 0 Å². The number of aromatic nitrogens is 1. The molecule has 1 aromatic carbocycles. The first kappa shape index (κ1) is 15.7. The van der Waals surface area contributed by atoms with Crippen LogP contribution in [0.5, 0.6) is 0 Å². The van der Waals surface area contributed by atoms with Crippen LogP contribution in [-0.4, -0.2) is 45.5 Å². The maximum absolute atomic E-state index is 5.36. The maximum Gasteiger partial charge on any atom is 0.133 e. The molecule has 21 heavy (non-hydrogen) atoms. The quantitative estimate of drug-likeness (QED) is 0.779. The Morgan fingerprint density at radius 2 is 1.95 bits per heavy atom. The molecule has 0 saturated carbocycles. The molecule has 0 radical (unpaired) electrons. The second-order valence-electron chi connectivity index (χ2n) is 4.90. The summed E-state index contributed by atoms with van der Waals surface area (Å²) in [6.07, 6.45) is 1.92. The van der Waals surface area contributed by atoms with Gasteiger partial charge in [0.1, 0.15) is 5.82 Å². The molecule has 5 heteroatoms. The number of rotatable bonds is 8. The number of benzene rings is 1. The molecule has 0 saturated heterocycles. The minimum atomic E-state index is 0.00699. The molecule has 0 aliphatic heterocycles. The van der Waals surface area contributed by atoms with Gasteiger partial charge in [0.2, 0.25) is 0 Å². The van der Waals surface area contributed by atoms with Crippen LogP contribution < -0.4 is 10.6 Å². The van der Waals surface area contributed by atoms with E-state index in [1.165, 1.54) is 10.9 Å². The molecule has 0 amide bonds. The standard InChI is InChI=1S/C16H23N3O2/c1-17-8-12-9-18-16(15-7-5-4-6-14(12)15)19-10-13(21-3)11-20-2/h4-7,9,13,17H,8,10-11H2,1-3H3,(H,18,19). The van der Waals surface area contributed by atoms with Crippen LogP contribution in [0.4, 0.5) is 5.82 Å². The van der Waals surface area contributed by atoms with Crippen LogP contribution in [0.25, 0.3) is 10.8 Å². The zero-order chi connectivity index (χ0) is 15.1. The van der Waals surface area contributed by atoms with Gasteiger partial charge in [-0.15, -0.1) is 0 Å². The lowest BCUT2D eigenvalue weighted by Gasteiger charge is -2.17. The average Bonchev–Trinajstić information content (AvgIpc) is 2.53. The molecule has 0 aliphatic carbocycles. The lowest BCUT2D eigenvalue weighted by molar-refractivity contribution is 0.0365. The van der Waals surface area contributed by atoms with Crippen LogP contribution in [0.3, 0.4) is 0 Å². The van der Waals surface area contributed by atoms with Crippen molar-refractivity contribution in [2.24, 2.45) is 0 Å². The van der Waals surface area contributed by atoms with E-state index in [4.69, 9.17) is 9.47 Å². The van der Waals surface area contributed by atoms with E-state index >= 15 is 0 Å². The van der Waals surface area contributed by atoms with Gasteiger partial charge < -0.3 is 20.1 Å². The van der Waals surface area contributed by atoms with Crippen LogP contribution in [0.15, 0.2) is 30.5 Å². The Labute approximate surface area is 125 Å². The van der Waals surface area contributed by atoms with Crippen LogP contribution in [0, 0.1) is 0 Å². The first-order chi connectivity index (χ1) is 10.3. The Hall–Kier alpha value is -1.69. The number of nitrogens with one attached hydrogen (secondary N) is 2. The first-order valence-electron chi connectivity index (χ1n) is 7.07. The second-order valence-corrected chi connectivity index (χ2v) is 4.90. The zero-order valence-corrected chi connectivity index (χ0v) is 12.8. The molecule has 1 unspecified atom stereocenters. The van der Waals surface area contributed by atoms with E-state index in [0.29, 0.717) is 13.2 Å². The summed E-state index contributed by atoms with van der Waals surface area (Å²) in [5.74, 6) is 0.878. The van der Waals surface area contributed by atoms with E-state index in [2.05, 4.69) is 27.8 Å². The molecule has 0 spiro atoms. The number of hydrogen-bond acceptors (Lipinski definition) is 5. The monoisotopic (exact) mass is 289 g/mol. The SMILES string of the molecule is CNCc1cnc(NCC(COC)OC)c2ccccc12. The number of methoxy groups -OCH3 is 2. The highest BCUT2D eigenvalue weighted by molar-refractivity contribution is 5.94. The summed E-state index contributed by atoms with van der Waals surface area (Å²) in [7, 11) is 5.30. The number of pyridine rings is 1. The Bertz CT molecular complexity index is 574. The summed E-state index contributed by atoms with van der Waals surface area (Å²) in [5, 5.41) is 8.87. The molecule has 5 nitrogen and oxygen atoms in total. The van der Waals surface area contributed by atoms with Crippen molar-refractivity contribution < 1.29 is 9.47 Å². The summed E-state index contributed by atoms with van der Waals surface area (Å²) in [5.41, 5.74) is 1.19. The van der Waals surface area contributed by atoms with Crippen LogP contribution in [0.2, 0.25) is 0 Å². The topological polar surface area (TPSA) is 55.4 Å². The predicted octanol–water partition coefficient (Wildman–Crippen LogP) is 2.03. The maximum atomic E-state index is 5.36. The molecule has 0 bridgehead atoms. The molecule has 2 rings (SSSR count). The largest absolute Gasteiger partial charge is 0.382 e. The van der Waals surface area contributed by atoms with Crippen LogP contribution >= 0.6 is 0 Å². The van der Waals surface area contributed by atoms with Gasteiger partial charge in [0, 0.05) is 38.9 Å². The molecular formula is C16H23N3O2. The van der Waals surface area contributed by atoms with Crippen LogP contribution in [0.1, 0.15) is 5.56 Å². The molecule has 114 valence electrons. The van der Waals surface area contributed by atoms with Gasteiger partial charge >= 0.3 is 0 Å². The minimum Gasteiger partial charge on any atom is -0.382 e. The number of anilines is 1. The fourth-order valence-electron chi connectivity index (χ4n) is 2.33. The Morgan fingerprint density at radius 1 is 1.19 bits per heavy atom. The molecule has 1 aromatic heterocycles. The number of nitrogens with zero attached hydrogens (tertiary/aromatic N) is 1. The number of fused-ring (bicyclic) bond motifs is 1. The summed E-state index contributed by atoms with van der Waals surface area (Å²) in [4.78, 5) is 4.54. The third kappa shape index (κ3) is 3.91. The van der Waals surface area contributed by atoms with Crippen molar-refractivity contribution in [3.8, 4) is 0 Å². The van der Waals surface area contributed by atoms with Crippen molar-refractivity contribution >= 4 is 16.6 Å². The van der Waals surface area contributed by atoms with Gasteiger partial charge in [-0.1, -0.05) is 24.3 Å². The average molecular weight is 289 g/mol. The van der Waals surface area contributed by atoms with E-state index in [0.717, 1.165) is 17.7 Å². The summed E-state index contributed by atoms with van der Waals surface area (Å²) >= 11 is 0. The Balaban J connectivity index is 2.22. The van der Waals surface area contributed by atoms with Gasteiger partial charge in [0.15, 0.2) is 0 Å². The molecular weight excluding hydrogens is 266 g/mol. The molecule has 1 heterocycles. The van der Waals surface area contributed by atoms with Crippen molar-refractivity contribution in [1.82, 2.24) is 10.3 Å². The Morgan fingerprint density at radius 3 is 2.62 bits per heavy atom. The molecule has 2 N–H and O–H groups in total.